The van der Waals surface area contributed by atoms with Crippen LogP contribution in [0.1, 0.15) is 34.5 Å². The minimum atomic E-state index is -2.73. The molecule has 0 saturated carbocycles. The van der Waals surface area contributed by atoms with E-state index in [-0.39, 0.29) is 23.1 Å². The van der Waals surface area contributed by atoms with E-state index in [9.17, 15) is 13.6 Å². The summed E-state index contributed by atoms with van der Waals surface area (Å²) in [5.74, 6) is 0.0127. The number of aryl methyl sites for hydroxylation is 4. The predicted octanol–water partition coefficient (Wildman–Crippen LogP) is 4.58. The first-order valence-corrected chi connectivity index (χ1v) is 11.7. The molecule has 190 valence electrons. The van der Waals surface area contributed by atoms with Gasteiger partial charge >= 0.3 is 0 Å². The van der Waals surface area contributed by atoms with Crippen LogP contribution in [0.2, 0.25) is 0 Å². The lowest BCUT2D eigenvalue weighted by Crippen LogP contribution is -2.20. The van der Waals surface area contributed by atoms with Crippen molar-refractivity contribution >= 4 is 22.8 Å². The van der Waals surface area contributed by atoms with Crippen LogP contribution in [0.5, 0.6) is 0 Å². The number of anilines is 1. The first kappa shape index (κ1) is 24.3. The molecule has 4 heterocycles. The first-order valence-electron chi connectivity index (χ1n) is 11.7. The van der Waals surface area contributed by atoms with E-state index in [0.717, 1.165) is 16.8 Å². The van der Waals surface area contributed by atoms with Gasteiger partial charge in [-0.1, -0.05) is 24.3 Å². The van der Waals surface area contributed by atoms with E-state index in [1.807, 2.05) is 42.8 Å². The molecule has 1 N–H and O–H groups in total. The minimum absolute atomic E-state index is 0.182. The van der Waals surface area contributed by atoms with Crippen LogP contribution in [-0.4, -0.2) is 40.2 Å². The topological polar surface area (TPSA) is 95.5 Å². The second-order valence-corrected chi connectivity index (χ2v) is 9.05. The van der Waals surface area contributed by atoms with Crippen LogP contribution >= 0.6 is 0 Å². The van der Waals surface area contributed by atoms with Crippen LogP contribution < -0.4 is 5.32 Å². The van der Waals surface area contributed by atoms with E-state index in [2.05, 4.69) is 25.6 Å². The van der Waals surface area contributed by atoms with Crippen LogP contribution in [0.15, 0.2) is 48.8 Å². The summed E-state index contributed by atoms with van der Waals surface area (Å²) in [6.07, 6.45) is 0.518. The summed E-state index contributed by atoms with van der Waals surface area (Å²) in [4.78, 5) is 17.5. The normalized spacial score (nSPS) is 11.5. The van der Waals surface area contributed by atoms with Gasteiger partial charge in [0, 0.05) is 36.1 Å². The molecule has 0 aliphatic rings. The number of nitrogens with zero attached hydrogens (tertiary/aromatic N) is 7. The maximum atomic E-state index is 14.0. The number of hydrogen-bond donors (Lipinski definition) is 1. The Kier molecular flexibility index (Phi) is 6.28. The summed E-state index contributed by atoms with van der Waals surface area (Å²) < 4.78 is 32.7. The quantitative estimate of drug-likeness (QED) is 0.350. The van der Waals surface area contributed by atoms with Gasteiger partial charge in [-0.3, -0.25) is 14.2 Å². The van der Waals surface area contributed by atoms with E-state index < -0.39 is 12.3 Å². The van der Waals surface area contributed by atoms with E-state index in [4.69, 9.17) is 0 Å². The molecule has 11 heteroatoms. The molecule has 0 aliphatic heterocycles. The maximum Gasteiger partial charge on any atom is 0.264 e. The number of pyridine rings is 1. The molecule has 0 aliphatic carbocycles. The van der Waals surface area contributed by atoms with Gasteiger partial charge in [0.25, 0.3) is 6.43 Å². The second kappa shape index (κ2) is 9.57. The van der Waals surface area contributed by atoms with Gasteiger partial charge in [-0.25, -0.2) is 18.4 Å². The monoisotopic (exact) mass is 504 g/mol. The largest absolute Gasteiger partial charge is 0.308 e. The van der Waals surface area contributed by atoms with Crippen LogP contribution in [0, 0.1) is 20.8 Å². The molecule has 0 unspecified atom stereocenters. The van der Waals surface area contributed by atoms with Crippen molar-refractivity contribution in [2.75, 3.05) is 5.32 Å². The summed E-state index contributed by atoms with van der Waals surface area (Å²) in [6, 6.07) is 11.2. The molecule has 0 radical (unpaired) electrons. The number of carbonyl (C=O) groups is 1. The lowest BCUT2D eigenvalue weighted by Gasteiger charge is -2.08. The molecule has 9 nitrogen and oxygen atoms in total. The number of carbonyl (C=O) groups excluding carboxylic acids is 1. The van der Waals surface area contributed by atoms with Crippen LogP contribution in [0.3, 0.4) is 0 Å². The Bertz CT molecular complexity index is 1610. The average Bonchev–Trinajstić information content (AvgIpc) is 3.52. The maximum absolute atomic E-state index is 14.0. The lowest BCUT2D eigenvalue weighted by atomic mass is 10.1. The fourth-order valence-electron chi connectivity index (χ4n) is 4.37. The van der Waals surface area contributed by atoms with Crippen molar-refractivity contribution in [3.8, 4) is 11.3 Å². The fourth-order valence-corrected chi connectivity index (χ4v) is 4.37. The number of amides is 1. The summed E-state index contributed by atoms with van der Waals surface area (Å²) >= 11 is 0. The molecule has 5 rings (SSSR count). The molecule has 0 saturated heterocycles. The van der Waals surface area contributed by atoms with Crippen molar-refractivity contribution in [3.63, 3.8) is 0 Å². The third-order valence-electron chi connectivity index (χ3n) is 6.27. The van der Waals surface area contributed by atoms with Gasteiger partial charge in [-0.05, 0) is 38.0 Å². The molecule has 0 spiro atoms. The van der Waals surface area contributed by atoms with Gasteiger partial charge in [0.15, 0.2) is 11.5 Å². The zero-order chi connectivity index (χ0) is 26.3. The minimum Gasteiger partial charge on any atom is -0.308 e. The van der Waals surface area contributed by atoms with Crippen LogP contribution in [0.25, 0.3) is 22.3 Å². The Morgan fingerprint density at radius 1 is 1.08 bits per heavy atom. The van der Waals surface area contributed by atoms with Crippen LogP contribution in [-0.2, 0) is 24.9 Å². The zero-order valence-electron chi connectivity index (χ0n) is 20.9. The van der Waals surface area contributed by atoms with Gasteiger partial charge in [-0.15, -0.1) is 0 Å². The zero-order valence-corrected chi connectivity index (χ0v) is 20.9. The first-order chi connectivity index (χ1) is 17.7. The van der Waals surface area contributed by atoms with Gasteiger partial charge < -0.3 is 5.32 Å². The number of fused-ring (bicyclic) bond motifs is 1. The molecular weight excluding hydrogens is 478 g/mol. The van der Waals surface area contributed by atoms with Gasteiger partial charge in [0.1, 0.15) is 6.54 Å². The van der Waals surface area contributed by atoms with Crippen molar-refractivity contribution in [1.29, 1.82) is 0 Å². The molecule has 0 atom stereocenters. The number of aromatic nitrogens is 7. The SMILES string of the molecule is Cc1ccccc1Cn1nc(NC(=O)Cn2nc(C)c3c(C(F)F)cc(-c4cnn(C)c4)nc32)cc1C. The molecule has 0 bridgehead atoms. The number of hydrogen-bond acceptors (Lipinski definition) is 5. The second-order valence-electron chi connectivity index (χ2n) is 9.05. The molecule has 4 aromatic heterocycles. The molecular formula is C26H26F2N8O. The smallest absolute Gasteiger partial charge is 0.264 e. The summed E-state index contributed by atoms with van der Waals surface area (Å²) in [5.41, 5.74) is 4.52. The highest BCUT2D eigenvalue weighted by Gasteiger charge is 2.22. The Morgan fingerprint density at radius 2 is 1.86 bits per heavy atom. The molecule has 37 heavy (non-hydrogen) atoms. The standard InChI is InChI=1S/C26H26F2N8O/c1-15-7-5-6-8-18(15)13-35-16(2)9-22(33-35)31-23(37)14-36-26-24(17(3)32-36)20(25(27)28)10-21(30-26)19-11-29-34(4)12-19/h5-12,25H,13-14H2,1-4H3,(H,31,33,37). The Morgan fingerprint density at radius 3 is 2.57 bits per heavy atom. The van der Waals surface area contributed by atoms with E-state index >= 15 is 0 Å². The third-order valence-corrected chi connectivity index (χ3v) is 6.27. The predicted molar refractivity (Wildman–Crippen MR) is 135 cm³/mol. The van der Waals surface area contributed by atoms with Gasteiger partial charge in [-0.2, -0.15) is 15.3 Å². The number of nitrogens with one attached hydrogen (secondary N) is 1. The highest BCUT2D eigenvalue weighted by Crippen LogP contribution is 2.33. The van der Waals surface area contributed by atoms with E-state index in [0.29, 0.717) is 29.3 Å². The molecule has 1 amide bonds. The van der Waals surface area contributed by atoms with Gasteiger partial charge in [0.2, 0.25) is 5.91 Å². The Labute approximate surface area is 211 Å². The highest BCUT2D eigenvalue weighted by atomic mass is 19.3. The van der Waals surface area contributed by atoms with Crippen molar-refractivity contribution in [1.82, 2.24) is 34.3 Å². The van der Waals surface area contributed by atoms with Crippen molar-refractivity contribution in [3.05, 3.63) is 76.9 Å². The average molecular weight is 505 g/mol. The molecule has 1 aromatic carbocycles. The number of halogens is 2. The Hall–Kier alpha value is -4.41. The van der Waals surface area contributed by atoms with E-state index in [1.165, 1.54) is 10.7 Å². The summed E-state index contributed by atoms with van der Waals surface area (Å²) in [6.45, 7) is 5.96. The van der Waals surface area contributed by atoms with Gasteiger partial charge in [0.05, 0.1) is 29.5 Å². The number of rotatable bonds is 7. The number of alkyl halides is 2. The molecule has 0 fully saturated rings. The molecule has 5 aromatic rings. The van der Waals surface area contributed by atoms with Crippen molar-refractivity contribution in [2.24, 2.45) is 7.05 Å². The Balaban J connectivity index is 1.41. The summed E-state index contributed by atoms with van der Waals surface area (Å²) in [5, 5.41) is 16.0. The number of benzene rings is 1. The van der Waals surface area contributed by atoms with Crippen LogP contribution in [0.4, 0.5) is 14.6 Å². The summed E-state index contributed by atoms with van der Waals surface area (Å²) in [7, 11) is 1.73. The van der Waals surface area contributed by atoms with Crippen molar-refractivity contribution < 1.29 is 13.6 Å². The fraction of sp³-hybridized carbons (Fsp3) is 0.269. The lowest BCUT2D eigenvalue weighted by molar-refractivity contribution is -0.116. The third kappa shape index (κ3) is 4.84. The highest BCUT2D eigenvalue weighted by molar-refractivity contribution is 5.91. The van der Waals surface area contributed by atoms with Crippen molar-refractivity contribution in [2.45, 2.75) is 40.3 Å². The van der Waals surface area contributed by atoms with E-state index in [1.54, 1.807) is 37.1 Å².